The molecule has 3 nitrogen and oxygen atoms in total. The van der Waals surface area contributed by atoms with Crippen LogP contribution in [-0.2, 0) is 10.8 Å². The lowest BCUT2D eigenvalue weighted by atomic mass is 10.0. The second-order valence-electron chi connectivity index (χ2n) is 5.22. The van der Waals surface area contributed by atoms with Crippen LogP contribution < -0.4 is 0 Å². The molecule has 2 aromatic rings. The molecule has 0 radical (unpaired) electrons. The summed E-state index contributed by atoms with van der Waals surface area (Å²) in [6.45, 7) is 0.374. The summed E-state index contributed by atoms with van der Waals surface area (Å²) in [4.78, 5) is 14.3. The Bertz CT molecular complexity index is 705. The van der Waals surface area contributed by atoms with Crippen LogP contribution in [0.3, 0.4) is 0 Å². The average molecular weight is 317 g/mol. The van der Waals surface area contributed by atoms with Gasteiger partial charge in [0.1, 0.15) is 5.82 Å². The van der Waals surface area contributed by atoms with Crippen molar-refractivity contribution in [3.05, 3.63) is 71.5 Å². The van der Waals surface area contributed by atoms with Gasteiger partial charge in [-0.15, -0.1) is 0 Å². The third kappa shape index (κ3) is 2.95. The fourth-order valence-electron chi connectivity index (χ4n) is 2.69. The fourth-order valence-corrected chi connectivity index (χ4v) is 3.98. The van der Waals surface area contributed by atoms with Crippen LogP contribution in [0.15, 0.2) is 54.6 Å². The fraction of sp³-hybridized carbons (Fsp3) is 0.235. The monoisotopic (exact) mass is 317 g/mol. The summed E-state index contributed by atoms with van der Waals surface area (Å²) < 4.78 is 25.8. The standard InChI is InChI=1S/C17H16FNO2S/c18-15-9-5-4-8-14(15)17(20)19-10-11-22(21)12-16(19)13-6-2-1-3-7-13/h1-9,16H,10-12H2/t16-,22-/m1/s1. The Kier molecular flexibility index (Phi) is 4.34. The first-order valence-electron chi connectivity index (χ1n) is 7.12. The molecule has 5 heteroatoms. The van der Waals surface area contributed by atoms with Crippen LogP contribution in [0.4, 0.5) is 4.39 Å². The number of rotatable bonds is 2. The van der Waals surface area contributed by atoms with Gasteiger partial charge >= 0.3 is 0 Å². The topological polar surface area (TPSA) is 37.4 Å². The van der Waals surface area contributed by atoms with Gasteiger partial charge in [0.25, 0.3) is 5.91 Å². The third-order valence-electron chi connectivity index (χ3n) is 3.83. The van der Waals surface area contributed by atoms with Crippen LogP contribution in [-0.4, -0.2) is 33.1 Å². The minimum absolute atomic E-state index is 0.0658. The number of nitrogens with zero attached hydrogens (tertiary/aromatic N) is 1. The first kappa shape index (κ1) is 14.9. The van der Waals surface area contributed by atoms with Crippen LogP contribution >= 0.6 is 0 Å². The number of hydrogen-bond acceptors (Lipinski definition) is 2. The van der Waals surface area contributed by atoms with E-state index < -0.39 is 16.6 Å². The maximum Gasteiger partial charge on any atom is 0.257 e. The van der Waals surface area contributed by atoms with Gasteiger partial charge in [0.15, 0.2) is 0 Å². The molecule has 1 saturated heterocycles. The van der Waals surface area contributed by atoms with Gasteiger partial charge in [0, 0.05) is 28.9 Å². The van der Waals surface area contributed by atoms with Crippen molar-refractivity contribution in [3.8, 4) is 0 Å². The van der Waals surface area contributed by atoms with Crippen LogP contribution in [0.5, 0.6) is 0 Å². The van der Waals surface area contributed by atoms with Gasteiger partial charge in [-0.3, -0.25) is 9.00 Å². The summed E-state index contributed by atoms with van der Waals surface area (Å²) >= 11 is 0. The molecule has 3 rings (SSSR count). The van der Waals surface area contributed by atoms with Gasteiger partial charge < -0.3 is 4.90 Å². The van der Waals surface area contributed by atoms with E-state index in [0.717, 1.165) is 5.56 Å². The highest BCUT2D eigenvalue weighted by Gasteiger charge is 2.32. The van der Waals surface area contributed by atoms with Crippen LogP contribution in [0.2, 0.25) is 0 Å². The Hall–Kier alpha value is -2.01. The molecule has 1 aliphatic heterocycles. The van der Waals surface area contributed by atoms with Crippen molar-refractivity contribution in [1.82, 2.24) is 4.90 Å². The third-order valence-corrected chi connectivity index (χ3v) is 5.15. The molecule has 0 N–H and O–H groups in total. The predicted molar refractivity (Wildman–Crippen MR) is 84.5 cm³/mol. The molecule has 0 spiro atoms. The van der Waals surface area contributed by atoms with Crippen LogP contribution in [0.1, 0.15) is 22.0 Å². The zero-order valence-electron chi connectivity index (χ0n) is 11.9. The largest absolute Gasteiger partial charge is 0.330 e. The maximum absolute atomic E-state index is 13.9. The molecule has 0 saturated carbocycles. The number of carbonyl (C=O) groups is 1. The molecule has 2 aromatic carbocycles. The van der Waals surface area contributed by atoms with E-state index >= 15 is 0 Å². The molecule has 0 aromatic heterocycles. The molecule has 0 unspecified atom stereocenters. The highest BCUT2D eigenvalue weighted by atomic mass is 32.2. The summed E-state index contributed by atoms with van der Waals surface area (Å²) in [6, 6.07) is 15.2. The maximum atomic E-state index is 13.9. The molecule has 1 amide bonds. The van der Waals surface area contributed by atoms with Crippen LogP contribution in [0.25, 0.3) is 0 Å². The second kappa shape index (κ2) is 6.40. The highest BCUT2D eigenvalue weighted by molar-refractivity contribution is 7.85. The Morgan fingerprint density at radius 2 is 1.77 bits per heavy atom. The summed E-state index contributed by atoms with van der Waals surface area (Å²) in [5.41, 5.74) is 0.997. The summed E-state index contributed by atoms with van der Waals surface area (Å²) in [7, 11) is -0.957. The van der Waals surface area contributed by atoms with Gasteiger partial charge in [-0.05, 0) is 17.7 Å². The SMILES string of the molecule is O=C(c1ccccc1F)N1CC[S@@](=O)C[C@@H]1c1ccccc1. The van der Waals surface area contributed by atoms with Crippen molar-refractivity contribution in [2.75, 3.05) is 18.1 Å². The van der Waals surface area contributed by atoms with Gasteiger partial charge in [-0.1, -0.05) is 42.5 Å². The van der Waals surface area contributed by atoms with Crippen molar-refractivity contribution in [3.63, 3.8) is 0 Å². The highest BCUT2D eigenvalue weighted by Crippen LogP contribution is 2.27. The van der Waals surface area contributed by atoms with Crippen molar-refractivity contribution in [2.45, 2.75) is 6.04 Å². The van der Waals surface area contributed by atoms with Gasteiger partial charge in [0.05, 0.1) is 11.6 Å². The van der Waals surface area contributed by atoms with E-state index in [4.69, 9.17) is 0 Å². The Morgan fingerprint density at radius 3 is 2.50 bits per heavy atom. The molecule has 1 heterocycles. The first-order chi connectivity index (χ1) is 10.7. The molecule has 22 heavy (non-hydrogen) atoms. The lowest BCUT2D eigenvalue weighted by Crippen LogP contribution is -2.44. The van der Waals surface area contributed by atoms with Gasteiger partial charge in [-0.2, -0.15) is 0 Å². The number of hydrogen-bond donors (Lipinski definition) is 0. The minimum Gasteiger partial charge on any atom is -0.330 e. The van der Waals surface area contributed by atoms with Gasteiger partial charge in [0.2, 0.25) is 0 Å². The molecule has 114 valence electrons. The lowest BCUT2D eigenvalue weighted by molar-refractivity contribution is 0.0694. The molecular formula is C17H16FNO2S. The summed E-state index contributed by atoms with van der Waals surface area (Å²) in [5.74, 6) is -0.0389. The van der Waals surface area contributed by atoms with Crippen LogP contribution in [0, 0.1) is 5.82 Å². The molecule has 0 bridgehead atoms. The van der Waals surface area contributed by atoms with Crippen molar-refractivity contribution >= 4 is 16.7 Å². The number of halogens is 1. The lowest BCUT2D eigenvalue weighted by Gasteiger charge is -2.35. The Labute approximate surface area is 131 Å². The summed E-state index contributed by atoms with van der Waals surface area (Å²) in [6.07, 6.45) is 0. The predicted octanol–water partition coefficient (Wildman–Crippen LogP) is 2.77. The van der Waals surface area contributed by atoms with Crippen molar-refractivity contribution in [2.24, 2.45) is 0 Å². The van der Waals surface area contributed by atoms with Crippen molar-refractivity contribution in [1.29, 1.82) is 0 Å². The van der Waals surface area contributed by atoms with E-state index in [1.54, 1.807) is 17.0 Å². The molecule has 2 atom stereocenters. The second-order valence-corrected chi connectivity index (χ2v) is 6.84. The zero-order valence-corrected chi connectivity index (χ0v) is 12.8. The van der Waals surface area contributed by atoms with E-state index in [1.807, 2.05) is 30.3 Å². The van der Waals surface area contributed by atoms with E-state index in [1.165, 1.54) is 12.1 Å². The summed E-state index contributed by atoms with van der Waals surface area (Å²) in [5, 5.41) is 0. The van der Waals surface area contributed by atoms with Crippen molar-refractivity contribution < 1.29 is 13.4 Å². The number of benzene rings is 2. The average Bonchev–Trinajstić information content (AvgIpc) is 2.55. The quantitative estimate of drug-likeness (QED) is 0.854. The van der Waals surface area contributed by atoms with E-state index in [0.29, 0.717) is 18.1 Å². The molecule has 0 aliphatic carbocycles. The smallest absolute Gasteiger partial charge is 0.257 e. The van der Waals surface area contributed by atoms with E-state index in [9.17, 15) is 13.4 Å². The zero-order chi connectivity index (χ0) is 15.5. The Balaban J connectivity index is 1.95. The van der Waals surface area contributed by atoms with E-state index in [-0.39, 0.29) is 17.5 Å². The van der Waals surface area contributed by atoms with E-state index in [2.05, 4.69) is 0 Å². The molecule has 1 aliphatic rings. The first-order valence-corrected chi connectivity index (χ1v) is 8.61. The number of carbonyl (C=O) groups excluding carboxylic acids is 1. The molecular weight excluding hydrogens is 301 g/mol. The Morgan fingerprint density at radius 1 is 1.09 bits per heavy atom. The molecule has 1 fully saturated rings. The number of amides is 1. The van der Waals surface area contributed by atoms with Gasteiger partial charge in [-0.25, -0.2) is 4.39 Å². The normalized spacial score (nSPS) is 21.6. The minimum atomic E-state index is -0.957.